The van der Waals surface area contributed by atoms with Gasteiger partial charge in [-0.25, -0.2) is 0 Å². The summed E-state index contributed by atoms with van der Waals surface area (Å²) in [6.45, 7) is -0.324. The van der Waals surface area contributed by atoms with E-state index in [1.165, 1.54) is 32.6 Å². The predicted octanol–water partition coefficient (Wildman–Crippen LogP) is 12.7. The monoisotopic (exact) mass is 766 g/mol. The second-order valence-corrected chi connectivity index (χ2v) is 16.0. The Balaban J connectivity index is 0.990. The molecule has 14 rings (SSSR count). The summed E-state index contributed by atoms with van der Waals surface area (Å²) in [6.07, 6.45) is 0. The Bertz CT molecular complexity index is 3760. The molecule has 0 atom stereocenters. The zero-order chi connectivity index (χ0) is 39.1. The first-order chi connectivity index (χ1) is 29.7. The Morgan fingerprint density at radius 3 is 1.75 bits per heavy atom. The largest absolute Gasteiger partial charge is 0.551 e. The molecule has 9 aromatic carbocycles. The van der Waals surface area contributed by atoms with Crippen LogP contribution in [0.15, 0.2) is 192 Å². The van der Waals surface area contributed by atoms with E-state index in [4.69, 9.17) is 13.8 Å². The maximum atomic E-state index is 7.05. The zero-order valence-corrected chi connectivity index (χ0v) is 32.1. The lowest BCUT2D eigenvalue weighted by molar-refractivity contribution is 0.479. The van der Waals surface area contributed by atoms with Crippen molar-refractivity contribution in [2.24, 2.45) is 0 Å². The summed E-state index contributed by atoms with van der Waals surface area (Å²) < 4.78 is 25.0. The van der Waals surface area contributed by atoms with Crippen molar-refractivity contribution in [2.75, 3.05) is 0 Å². The number of hydrogen-bond acceptors (Lipinski definition) is 3. The van der Waals surface area contributed by atoms with Gasteiger partial charge in [0.15, 0.2) is 0 Å². The van der Waals surface area contributed by atoms with Crippen molar-refractivity contribution in [3.8, 4) is 50.9 Å². The molecule has 3 aromatic heterocycles. The quantitative estimate of drug-likeness (QED) is 0.168. The van der Waals surface area contributed by atoms with E-state index in [1.54, 1.807) is 0 Å². The number of fused-ring (bicyclic) bond motifs is 13. The highest BCUT2D eigenvalue weighted by Crippen LogP contribution is 2.44. The van der Waals surface area contributed by atoms with Gasteiger partial charge in [-0.05, 0) is 83.4 Å². The molecule has 6 heteroatoms. The van der Waals surface area contributed by atoms with Crippen molar-refractivity contribution in [1.29, 1.82) is 0 Å². The topological polar surface area (TPSA) is 41.5 Å². The van der Waals surface area contributed by atoms with Crippen molar-refractivity contribution in [3.05, 3.63) is 188 Å². The maximum Gasteiger partial charge on any atom is 0.434 e. The van der Waals surface area contributed by atoms with Gasteiger partial charge in [-0.3, -0.25) is 0 Å². The first-order valence-corrected chi connectivity index (χ1v) is 20.4. The summed E-state index contributed by atoms with van der Waals surface area (Å²) in [4.78, 5) is 0. The summed E-state index contributed by atoms with van der Waals surface area (Å²) in [6, 6.07) is 67.1. The summed E-state index contributed by atoms with van der Waals surface area (Å²) in [5, 5.41) is 7.12. The highest BCUT2D eigenvalue weighted by atomic mass is 16.5. The number of para-hydroxylation sites is 5. The molecular formula is C54H31BN2O3. The number of benzene rings is 9. The smallest absolute Gasteiger partial charge is 0.434 e. The predicted molar refractivity (Wildman–Crippen MR) is 245 cm³/mol. The van der Waals surface area contributed by atoms with Gasteiger partial charge in [0.25, 0.3) is 0 Å². The fourth-order valence-electron chi connectivity index (χ4n) is 10.1. The van der Waals surface area contributed by atoms with Crippen LogP contribution >= 0.6 is 0 Å². The van der Waals surface area contributed by atoms with Crippen LogP contribution in [0.5, 0.6) is 17.2 Å². The molecule has 278 valence electrons. The van der Waals surface area contributed by atoms with E-state index in [1.807, 2.05) is 24.3 Å². The molecule has 0 saturated heterocycles. The maximum absolute atomic E-state index is 7.05. The lowest BCUT2D eigenvalue weighted by atomic mass is 9.51. The fraction of sp³-hybridized carbons (Fsp3) is 0. The Hall–Kier alpha value is -7.96. The third-order valence-corrected chi connectivity index (χ3v) is 12.8. The van der Waals surface area contributed by atoms with Crippen LogP contribution in [0.4, 0.5) is 0 Å². The van der Waals surface area contributed by atoms with Crippen LogP contribution < -0.4 is 20.3 Å². The summed E-state index contributed by atoms with van der Waals surface area (Å²) in [7, 11) is 0. The molecule has 0 aliphatic carbocycles. The molecule has 0 bridgehead atoms. The first-order valence-electron chi connectivity index (χ1n) is 20.4. The molecule has 2 aliphatic heterocycles. The van der Waals surface area contributed by atoms with Crippen LogP contribution in [0.2, 0.25) is 0 Å². The van der Waals surface area contributed by atoms with Gasteiger partial charge < -0.3 is 22.9 Å². The standard InChI is InChI=1S/C54H31BN2O3/c1-6-16-45-36(11-1)37-12-2-7-17-46(37)56(45)34-23-26-39-38-13-3-8-18-47(38)57(48(39)30-34)35-29-43-42-25-22-33(32-21-24-41-40-14-4-9-19-49(40)58-51(41)27-32)28-52(42)60-55-44-15-5-10-20-50(44)59-53(31-35)54(43)55/h1-31H. The average Bonchev–Trinajstić information content (AvgIpc) is 3.96. The molecule has 0 amide bonds. The molecular weight excluding hydrogens is 735 g/mol. The van der Waals surface area contributed by atoms with Gasteiger partial charge in [-0.1, -0.05) is 115 Å². The van der Waals surface area contributed by atoms with E-state index in [9.17, 15) is 0 Å². The Labute approximate surface area is 344 Å². The van der Waals surface area contributed by atoms with Gasteiger partial charge in [0.2, 0.25) is 0 Å². The van der Waals surface area contributed by atoms with Gasteiger partial charge >= 0.3 is 6.92 Å². The van der Waals surface area contributed by atoms with E-state index >= 15 is 0 Å². The van der Waals surface area contributed by atoms with Crippen LogP contribution in [0.25, 0.3) is 99.2 Å². The fourth-order valence-corrected chi connectivity index (χ4v) is 10.1. The van der Waals surface area contributed by atoms with Crippen LogP contribution in [0.3, 0.4) is 0 Å². The van der Waals surface area contributed by atoms with Crippen molar-refractivity contribution < 1.29 is 13.8 Å². The van der Waals surface area contributed by atoms with Crippen molar-refractivity contribution in [1.82, 2.24) is 9.13 Å². The van der Waals surface area contributed by atoms with Crippen LogP contribution in [0, 0.1) is 0 Å². The SMILES string of the molecule is c1ccc2c(c1)Oc1cc(-n3c4ccccc4c4ccc(-n5c6ccccc6c6ccccc65)cc43)cc3c1B2Oc1cc(-c2ccc4c(c2)oc2ccccc24)ccc1-3. The average molecular weight is 767 g/mol. The molecule has 5 nitrogen and oxygen atoms in total. The summed E-state index contributed by atoms with van der Waals surface area (Å²) >= 11 is 0. The number of nitrogens with zero attached hydrogens (tertiary/aromatic N) is 2. The zero-order valence-electron chi connectivity index (χ0n) is 32.1. The molecule has 0 N–H and O–H groups in total. The number of hydrogen-bond donors (Lipinski definition) is 0. The van der Waals surface area contributed by atoms with Gasteiger partial charge in [-0.15, -0.1) is 0 Å². The summed E-state index contributed by atoms with van der Waals surface area (Å²) in [5.74, 6) is 2.45. The Kier molecular flexibility index (Phi) is 6.31. The van der Waals surface area contributed by atoms with E-state index in [0.717, 1.165) is 94.8 Å². The Morgan fingerprint density at radius 2 is 0.967 bits per heavy atom. The number of ether oxygens (including phenoxy) is 1. The molecule has 0 unspecified atom stereocenters. The molecule has 0 radical (unpaired) electrons. The van der Waals surface area contributed by atoms with Gasteiger partial charge in [-0.2, -0.15) is 0 Å². The van der Waals surface area contributed by atoms with E-state index < -0.39 is 0 Å². The van der Waals surface area contributed by atoms with Crippen molar-refractivity contribution in [2.45, 2.75) is 0 Å². The van der Waals surface area contributed by atoms with Crippen LogP contribution in [-0.2, 0) is 0 Å². The first kappa shape index (κ1) is 32.1. The van der Waals surface area contributed by atoms with Crippen molar-refractivity contribution >= 4 is 83.4 Å². The second-order valence-electron chi connectivity index (χ2n) is 16.0. The third kappa shape index (κ3) is 4.37. The highest BCUT2D eigenvalue weighted by molar-refractivity contribution is 6.84. The second kappa shape index (κ2) is 11.8. The normalized spacial score (nSPS) is 12.9. The minimum atomic E-state index is -0.324. The van der Waals surface area contributed by atoms with Gasteiger partial charge in [0.1, 0.15) is 28.4 Å². The molecule has 0 fully saturated rings. The van der Waals surface area contributed by atoms with Crippen molar-refractivity contribution in [3.63, 3.8) is 0 Å². The molecule has 2 aliphatic rings. The van der Waals surface area contributed by atoms with Crippen LogP contribution in [0.1, 0.15) is 0 Å². The molecule has 12 aromatic rings. The Morgan fingerprint density at radius 1 is 0.367 bits per heavy atom. The highest BCUT2D eigenvalue weighted by Gasteiger charge is 2.41. The van der Waals surface area contributed by atoms with E-state index in [-0.39, 0.29) is 6.92 Å². The number of rotatable bonds is 3. The molecule has 0 spiro atoms. The minimum absolute atomic E-state index is 0.324. The van der Waals surface area contributed by atoms with Gasteiger partial charge in [0, 0.05) is 60.6 Å². The van der Waals surface area contributed by atoms with E-state index in [0.29, 0.717) is 0 Å². The third-order valence-electron chi connectivity index (χ3n) is 12.8. The number of aromatic nitrogens is 2. The minimum Gasteiger partial charge on any atom is -0.551 e. The number of furan rings is 1. The lowest BCUT2D eigenvalue weighted by Crippen LogP contribution is -2.53. The molecule has 60 heavy (non-hydrogen) atoms. The van der Waals surface area contributed by atoms with E-state index in [2.05, 4.69) is 173 Å². The lowest BCUT2D eigenvalue weighted by Gasteiger charge is -2.33. The molecule has 0 saturated carbocycles. The summed E-state index contributed by atoms with van der Waals surface area (Å²) in [5.41, 5.74) is 14.9. The molecule has 5 heterocycles. The van der Waals surface area contributed by atoms with Gasteiger partial charge in [0.05, 0.1) is 27.8 Å². The van der Waals surface area contributed by atoms with Crippen LogP contribution in [-0.4, -0.2) is 16.0 Å².